The highest BCUT2D eigenvalue weighted by Crippen LogP contribution is 2.43. The Morgan fingerprint density at radius 1 is 1.10 bits per heavy atom. The normalized spacial score (nSPS) is 20.1. The number of nitrogens with zero attached hydrogens (tertiary/aromatic N) is 2. The van der Waals surface area contributed by atoms with E-state index >= 15 is 0 Å². The highest BCUT2D eigenvalue weighted by Gasteiger charge is 2.29. The third-order valence-corrected chi connectivity index (χ3v) is 6.68. The van der Waals surface area contributed by atoms with E-state index in [1.54, 1.807) is 0 Å². The number of halogens is 1. The van der Waals surface area contributed by atoms with Gasteiger partial charge in [0.1, 0.15) is 0 Å². The maximum Gasteiger partial charge on any atom is 0.261 e. The zero-order chi connectivity index (χ0) is 21.0. The standard InChI is InChI=1S/C20H23ClN2S.CH4O3S/c1-2-22-9-11-23(12-10-22)18-13-15-5-3-4-6-19(15)24-20-8-7-16(21)14-17(18)20;1-5(2,3)4/h3-8,14,18H,2,9-13H2,1H3;1H3,(H,2,3,4). The lowest BCUT2D eigenvalue weighted by Crippen LogP contribution is -2.47. The van der Waals surface area contributed by atoms with E-state index in [2.05, 4.69) is 53.1 Å². The summed E-state index contributed by atoms with van der Waals surface area (Å²) in [6.07, 6.45) is 1.79. The SMILES string of the molecule is CCN1CCN(C2Cc3ccccc3Sc3ccc(Cl)cc32)CC1.CS(=O)(=O)O. The fourth-order valence-corrected chi connectivity index (χ4v) is 5.09. The first-order chi connectivity index (χ1) is 13.7. The molecule has 0 spiro atoms. The fraction of sp³-hybridized carbons (Fsp3) is 0.429. The molecule has 0 aliphatic carbocycles. The van der Waals surface area contributed by atoms with Crippen molar-refractivity contribution in [2.45, 2.75) is 29.2 Å². The second kappa shape index (κ2) is 9.81. The number of benzene rings is 2. The van der Waals surface area contributed by atoms with E-state index in [4.69, 9.17) is 16.2 Å². The molecule has 2 aromatic carbocycles. The van der Waals surface area contributed by atoms with Crippen LogP contribution in [0.25, 0.3) is 0 Å². The molecule has 158 valence electrons. The number of hydrogen-bond donors (Lipinski definition) is 1. The average Bonchev–Trinajstić information content (AvgIpc) is 2.83. The Morgan fingerprint density at radius 3 is 2.41 bits per heavy atom. The van der Waals surface area contributed by atoms with Crippen LogP contribution in [0.15, 0.2) is 52.3 Å². The average molecular weight is 455 g/mol. The molecule has 2 aromatic rings. The van der Waals surface area contributed by atoms with E-state index in [0.717, 1.165) is 44.2 Å². The molecule has 2 heterocycles. The summed E-state index contributed by atoms with van der Waals surface area (Å²) in [6, 6.07) is 15.7. The maximum atomic E-state index is 9.19. The molecular weight excluding hydrogens is 428 g/mol. The molecule has 1 atom stereocenters. The summed E-state index contributed by atoms with van der Waals surface area (Å²) < 4.78 is 25.9. The van der Waals surface area contributed by atoms with Crippen molar-refractivity contribution < 1.29 is 13.0 Å². The molecule has 1 unspecified atom stereocenters. The largest absolute Gasteiger partial charge is 0.301 e. The molecule has 0 radical (unpaired) electrons. The predicted molar refractivity (Wildman–Crippen MR) is 120 cm³/mol. The predicted octanol–water partition coefficient (Wildman–Crippen LogP) is 4.23. The van der Waals surface area contributed by atoms with E-state index in [0.29, 0.717) is 12.3 Å². The van der Waals surface area contributed by atoms with Crippen molar-refractivity contribution in [3.8, 4) is 0 Å². The molecule has 2 aliphatic heterocycles. The molecule has 8 heteroatoms. The molecule has 5 nitrogen and oxygen atoms in total. The van der Waals surface area contributed by atoms with Gasteiger partial charge in [0.25, 0.3) is 10.1 Å². The van der Waals surface area contributed by atoms with Crippen LogP contribution < -0.4 is 0 Å². The number of piperazine rings is 1. The Bertz CT molecular complexity index is 937. The summed E-state index contributed by atoms with van der Waals surface area (Å²) in [5.41, 5.74) is 2.85. The molecule has 1 N–H and O–H groups in total. The van der Waals surface area contributed by atoms with Gasteiger partial charge in [-0.05, 0) is 48.4 Å². The number of rotatable bonds is 2. The second-order valence-corrected chi connectivity index (χ2v) is 10.3. The quantitative estimate of drug-likeness (QED) is 0.685. The third-order valence-electron chi connectivity index (χ3n) is 5.23. The number of hydrogen-bond acceptors (Lipinski definition) is 5. The van der Waals surface area contributed by atoms with Crippen molar-refractivity contribution in [1.29, 1.82) is 0 Å². The van der Waals surface area contributed by atoms with E-state index in [1.807, 2.05) is 17.8 Å². The van der Waals surface area contributed by atoms with Crippen LogP contribution in [0.2, 0.25) is 5.02 Å². The van der Waals surface area contributed by atoms with E-state index in [-0.39, 0.29) is 0 Å². The molecular formula is C21H27ClN2O3S2. The van der Waals surface area contributed by atoms with Gasteiger partial charge >= 0.3 is 0 Å². The lowest BCUT2D eigenvalue weighted by Gasteiger charge is -2.39. The minimum absolute atomic E-state index is 0.425. The van der Waals surface area contributed by atoms with Crippen molar-refractivity contribution in [3.63, 3.8) is 0 Å². The van der Waals surface area contributed by atoms with E-state index in [9.17, 15) is 8.42 Å². The lowest BCUT2D eigenvalue weighted by molar-refractivity contribution is 0.0977. The van der Waals surface area contributed by atoms with Gasteiger partial charge in [0.05, 0.1) is 6.26 Å². The number of fused-ring (bicyclic) bond motifs is 2. The second-order valence-electron chi connectivity index (χ2n) is 7.32. The minimum Gasteiger partial charge on any atom is -0.301 e. The van der Waals surface area contributed by atoms with Gasteiger partial charge in [0, 0.05) is 47.0 Å². The first-order valence-electron chi connectivity index (χ1n) is 9.68. The van der Waals surface area contributed by atoms with Gasteiger partial charge in [-0.1, -0.05) is 48.5 Å². The maximum absolute atomic E-state index is 9.19. The van der Waals surface area contributed by atoms with Crippen molar-refractivity contribution in [1.82, 2.24) is 9.80 Å². The Hall–Kier alpha value is -1.09. The lowest BCUT2D eigenvalue weighted by atomic mass is 9.96. The van der Waals surface area contributed by atoms with Crippen LogP contribution in [0.3, 0.4) is 0 Å². The first kappa shape index (κ1) is 22.6. The molecule has 2 aliphatic rings. The molecule has 1 saturated heterocycles. The molecule has 0 aromatic heterocycles. The van der Waals surface area contributed by atoms with Crippen LogP contribution in [-0.2, 0) is 16.5 Å². The van der Waals surface area contributed by atoms with E-state index in [1.165, 1.54) is 20.9 Å². The Balaban J connectivity index is 0.000000431. The van der Waals surface area contributed by atoms with Gasteiger partial charge in [-0.2, -0.15) is 8.42 Å². The third kappa shape index (κ3) is 6.44. The molecule has 29 heavy (non-hydrogen) atoms. The van der Waals surface area contributed by atoms with Gasteiger partial charge in [-0.3, -0.25) is 9.45 Å². The van der Waals surface area contributed by atoms with Gasteiger partial charge in [-0.15, -0.1) is 0 Å². The molecule has 0 saturated carbocycles. The van der Waals surface area contributed by atoms with Crippen LogP contribution in [0.5, 0.6) is 0 Å². The Kier molecular flexibility index (Phi) is 7.64. The van der Waals surface area contributed by atoms with Crippen molar-refractivity contribution in [2.75, 3.05) is 39.0 Å². The number of likely N-dealkylation sites (N-methyl/N-ethyl adjacent to an activating group) is 1. The zero-order valence-electron chi connectivity index (χ0n) is 16.7. The molecule has 0 bridgehead atoms. The Labute approximate surface area is 182 Å². The molecule has 1 fully saturated rings. The summed E-state index contributed by atoms with van der Waals surface area (Å²) in [5.74, 6) is 0. The topological polar surface area (TPSA) is 60.9 Å². The summed E-state index contributed by atoms with van der Waals surface area (Å²) >= 11 is 8.24. The van der Waals surface area contributed by atoms with Crippen LogP contribution in [-0.4, -0.2) is 61.7 Å². The smallest absolute Gasteiger partial charge is 0.261 e. The summed E-state index contributed by atoms with van der Waals surface area (Å²) in [5, 5.41) is 0.845. The fourth-order valence-electron chi connectivity index (χ4n) is 3.80. The Morgan fingerprint density at radius 2 is 1.76 bits per heavy atom. The van der Waals surface area contributed by atoms with Crippen molar-refractivity contribution in [3.05, 3.63) is 58.6 Å². The zero-order valence-corrected chi connectivity index (χ0v) is 19.1. The molecule has 0 amide bonds. The van der Waals surface area contributed by atoms with Crippen LogP contribution in [0.1, 0.15) is 24.1 Å². The highest BCUT2D eigenvalue weighted by atomic mass is 35.5. The van der Waals surface area contributed by atoms with Crippen LogP contribution >= 0.6 is 23.4 Å². The van der Waals surface area contributed by atoms with Crippen molar-refractivity contribution >= 4 is 33.5 Å². The monoisotopic (exact) mass is 454 g/mol. The molecule has 4 rings (SSSR count). The summed E-state index contributed by atoms with van der Waals surface area (Å²) in [7, 11) is -3.67. The first-order valence-corrected chi connectivity index (χ1v) is 12.7. The van der Waals surface area contributed by atoms with Gasteiger partial charge < -0.3 is 4.90 Å². The minimum atomic E-state index is -3.67. The van der Waals surface area contributed by atoms with Crippen LogP contribution in [0, 0.1) is 0 Å². The summed E-state index contributed by atoms with van der Waals surface area (Å²) in [4.78, 5) is 7.93. The highest BCUT2D eigenvalue weighted by molar-refractivity contribution is 7.99. The van der Waals surface area contributed by atoms with Gasteiger partial charge in [-0.25, -0.2) is 0 Å². The van der Waals surface area contributed by atoms with Crippen LogP contribution in [0.4, 0.5) is 0 Å². The van der Waals surface area contributed by atoms with Gasteiger partial charge in [0.15, 0.2) is 0 Å². The van der Waals surface area contributed by atoms with Gasteiger partial charge in [0.2, 0.25) is 0 Å². The van der Waals surface area contributed by atoms with Crippen molar-refractivity contribution in [2.24, 2.45) is 0 Å². The summed E-state index contributed by atoms with van der Waals surface area (Å²) in [6.45, 7) is 8.01. The van der Waals surface area contributed by atoms with E-state index < -0.39 is 10.1 Å².